The molecule has 2 N–H and O–H groups in total. The maximum absolute atomic E-state index is 13.2. The van der Waals surface area contributed by atoms with Crippen LogP contribution in [0.3, 0.4) is 0 Å². The Morgan fingerprint density at radius 3 is 2.81 bits per heavy atom. The Labute approximate surface area is 157 Å². The number of halogens is 1. The molecule has 2 fully saturated rings. The maximum atomic E-state index is 13.2. The van der Waals surface area contributed by atoms with Gasteiger partial charge in [-0.25, -0.2) is 17.6 Å². The Balaban J connectivity index is 1.46. The summed E-state index contributed by atoms with van der Waals surface area (Å²) < 4.78 is 44.9. The Bertz CT molecular complexity index is 828. The van der Waals surface area contributed by atoms with E-state index in [0.717, 1.165) is 18.9 Å². The molecule has 3 rings (SSSR count). The van der Waals surface area contributed by atoms with Gasteiger partial charge >= 0.3 is 6.09 Å². The molecule has 1 heterocycles. The average Bonchev–Trinajstić information content (AvgIpc) is 3.34. The molecule has 148 valence electrons. The van der Waals surface area contributed by atoms with E-state index in [2.05, 4.69) is 10.0 Å². The Kier molecular flexibility index (Phi) is 5.54. The zero-order valence-electron chi connectivity index (χ0n) is 14.9. The highest BCUT2D eigenvalue weighted by molar-refractivity contribution is 7.92. The first-order valence-corrected chi connectivity index (χ1v) is 10.4. The fraction of sp³-hybridized carbons (Fsp3) is 0.529. The number of rotatable bonds is 8. The molecule has 1 saturated carbocycles. The number of carbonyl (C=O) groups excluding carboxylic acids is 2. The summed E-state index contributed by atoms with van der Waals surface area (Å²) in [5, 5.41) is 2.63. The third-order valence-corrected chi connectivity index (χ3v) is 5.89. The first-order chi connectivity index (χ1) is 12.7. The number of hydrogen-bond acceptors (Lipinski definition) is 5. The minimum absolute atomic E-state index is 0.0978. The molecular formula is C17H22FN3O5S. The van der Waals surface area contributed by atoms with E-state index in [4.69, 9.17) is 4.74 Å². The molecule has 2 atom stereocenters. The van der Waals surface area contributed by atoms with Crippen LogP contribution in [0.1, 0.15) is 19.8 Å². The standard InChI is InChI=1S/C17H22FN3O5S/c1-11(10-27(24,25)20-13-4-2-3-12(18)7-13)16(22)19-8-15-9-21(14-5-6-14)17(23)26-15/h2-4,7,11,14-15,20H,5-6,8-10H2,1H3,(H,19,22). The summed E-state index contributed by atoms with van der Waals surface area (Å²) in [4.78, 5) is 25.5. The predicted octanol–water partition coefficient (Wildman–Crippen LogP) is 1.30. The van der Waals surface area contributed by atoms with E-state index in [1.54, 1.807) is 4.90 Å². The van der Waals surface area contributed by atoms with Crippen LogP contribution in [0.2, 0.25) is 0 Å². The van der Waals surface area contributed by atoms with E-state index in [0.29, 0.717) is 6.54 Å². The van der Waals surface area contributed by atoms with E-state index in [9.17, 15) is 22.4 Å². The molecule has 0 spiro atoms. The van der Waals surface area contributed by atoms with Crippen molar-refractivity contribution in [1.82, 2.24) is 10.2 Å². The third-order valence-electron chi connectivity index (χ3n) is 4.41. The van der Waals surface area contributed by atoms with Crippen LogP contribution < -0.4 is 10.0 Å². The van der Waals surface area contributed by atoms with Gasteiger partial charge in [-0.2, -0.15) is 0 Å². The molecule has 1 aromatic rings. The second kappa shape index (κ2) is 7.71. The highest BCUT2D eigenvalue weighted by Crippen LogP contribution is 2.30. The molecule has 10 heteroatoms. The largest absolute Gasteiger partial charge is 0.442 e. The molecule has 1 aromatic carbocycles. The number of cyclic esters (lactones) is 1. The Morgan fingerprint density at radius 2 is 2.15 bits per heavy atom. The third kappa shape index (κ3) is 5.31. The molecule has 8 nitrogen and oxygen atoms in total. The predicted molar refractivity (Wildman–Crippen MR) is 96.0 cm³/mol. The summed E-state index contributed by atoms with van der Waals surface area (Å²) in [5.41, 5.74) is 0.0978. The molecule has 2 unspecified atom stereocenters. The van der Waals surface area contributed by atoms with Crippen molar-refractivity contribution in [1.29, 1.82) is 0 Å². The van der Waals surface area contributed by atoms with Crippen molar-refractivity contribution >= 4 is 27.7 Å². The number of hydrogen-bond donors (Lipinski definition) is 2. The van der Waals surface area contributed by atoms with Gasteiger partial charge in [-0.05, 0) is 31.0 Å². The highest BCUT2D eigenvalue weighted by Gasteiger charge is 2.41. The quantitative estimate of drug-likeness (QED) is 0.686. The lowest BCUT2D eigenvalue weighted by molar-refractivity contribution is -0.124. The molecule has 27 heavy (non-hydrogen) atoms. The number of anilines is 1. The number of carbonyl (C=O) groups is 2. The lowest BCUT2D eigenvalue weighted by Crippen LogP contribution is -2.39. The van der Waals surface area contributed by atoms with Crippen molar-refractivity contribution in [2.24, 2.45) is 5.92 Å². The van der Waals surface area contributed by atoms with Crippen LogP contribution in [0.15, 0.2) is 24.3 Å². The van der Waals surface area contributed by atoms with Crippen LogP contribution in [0, 0.1) is 11.7 Å². The zero-order valence-corrected chi connectivity index (χ0v) is 15.7. The average molecular weight is 399 g/mol. The monoisotopic (exact) mass is 399 g/mol. The van der Waals surface area contributed by atoms with Gasteiger partial charge in [-0.3, -0.25) is 9.52 Å². The molecule has 0 radical (unpaired) electrons. The van der Waals surface area contributed by atoms with Crippen molar-refractivity contribution < 1.29 is 27.1 Å². The number of sulfonamides is 1. The fourth-order valence-electron chi connectivity index (χ4n) is 2.90. The summed E-state index contributed by atoms with van der Waals surface area (Å²) in [6.45, 7) is 2.05. The van der Waals surface area contributed by atoms with E-state index in [1.165, 1.54) is 25.1 Å². The van der Waals surface area contributed by atoms with Crippen LogP contribution in [0.5, 0.6) is 0 Å². The maximum Gasteiger partial charge on any atom is 0.410 e. The van der Waals surface area contributed by atoms with Crippen LogP contribution >= 0.6 is 0 Å². The summed E-state index contributed by atoms with van der Waals surface area (Å²) in [7, 11) is -3.82. The number of amides is 2. The molecule has 1 aliphatic carbocycles. The highest BCUT2D eigenvalue weighted by atomic mass is 32.2. The van der Waals surface area contributed by atoms with E-state index in [1.807, 2.05) is 0 Å². The van der Waals surface area contributed by atoms with Crippen molar-refractivity contribution in [3.63, 3.8) is 0 Å². The molecule has 0 bridgehead atoms. The topological polar surface area (TPSA) is 105 Å². The summed E-state index contributed by atoms with van der Waals surface area (Å²) in [6.07, 6.45) is 1.14. The van der Waals surface area contributed by atoms with Crippen LogP contribution in [-0.4, -0.2) is 56.3 Å². The number of ether oxygens (including phenoxy) is 1. The molecule has 1 saturated heterocycles. The van der Waals surface area contributed by atoms with Crippen molar-refractivity contribution in [3.8, 4) is 0 Å². The number of nitrogens with zero attached hydrogens (tertiary/aromatic N) is 1. The SMILES string of the molecule is CC(CS(=O)(=O)Nc1cccc(F)c1)C(=O)NCC1CN(C2CC2)C(=O)O1. The molecular weight excluding hydrogens is 377 g/mol. The van der Waals surface area contributed by atoms with Gasteiger partial charge in [0.25, 0.3) is 0 Å². The van der Waals surface area contributed by atoms with Gasteiger partial charge in [0.1, 0.15) is 11.9 Å². The molecule has 0 aromatic heterocycles. The van der Waals surface area contributed by atoms with Gasteiger partial charge in [0.15, 0.2) is 0 Å². The van der Waals surface area contributed by atoms with E-state index < -0.39 is 39.5 Å². The van der Waals surface area contributed by atoms with Crippen molar-refractivity contribution in [2.75, 3.05) is 23.6 Å². The number of nitrogens with one attached hydrogen (secondary N) is 2. The summed E-state index contributed by atoms with van der Waals surface area (Å²) >= 11 is 0. The van der Waals surface area contributed by atoms with Crippen LogP contribution in [-0.2, 0) is 19.6 Å². The smallest absolute Gasteiger partial charge is 0.410 e. The van der Waals surface area contributed by atoms with Crippen molar-refractivity contribution in [2.45, 2.75) is 31.9 Å². The van der Waals surface area contributed by atoms with Gasteiger partial charge < -0.3 is 15.0 Å². The number of benzene rings is 1. The Hall–Kier alpha value is -2.36. The van der Waals surface area contributed by atoms with Gasteiger partial charge in [0, 0.05) is 6.04 Å². The second-order valence-corrected chi connectivity index (χ2v) is 8.70. The summed E-state index contributed by atoms with van der Waals surface area (Å²) in [6, 6.07) is 5.31. The lowest BCUT2D eigenvalue weighted by Gasteiger charge is -2.15. The Morgan fingerprint density at radius 1 is 1.41 bits per heavy atom. The normalized spacial score (nSPS) is 20.9. The van der Waals surface area contributed by atoms with Crippen LogP contribution in [0.4, 0.5) is 14.9 Å². The summed E-state index contributed by atoms with van der Waals surface area (Å²) in [5.74, 6) is -2.30. The van der Waals surface area contributed by atoms with Gasteiger partial charge in [0.05, 0.1) is 30.4 Å². The fourth-order valence-corrected chi connectivity index (χ4v) is 4.28. The molecule has 2 aliphatic rings. The van der Waals surface area contributed by atoms with Gasteiger partial charge in [0.2, 0.25) is 15.9 Å². The minimum atomic E-state index is -3.82. The zero-order chi connectivity index (χ0) is 19.6. The van der Waals surface area contributed by atoms with E-state index in [-0.39, 0.29) is 24.4 Å². The molecule has 1 aliphatic heterocycles. The van der Waals surface area contributed by atoms with E-state index >= 15 is 0 Å². The first-order valence-electron chi connectivity index (χ1n) is 8.74. The first kappa shape index (κ1) is 19.4. The van der Waals surface area contributed by atoms with Crippen LogP contribution in [0.25, 0.3) is 0 Å². The van der Waals surface area contributed by atoms with Gasteiger partial charge in [-0.1, -0.05) is 13.0 Å². The second-order valence-electron chi connectivity index (χ2n) is 6.93. The lowest BCUT2D eigenvalue weighted by atomic mass is 10.2. The van der Waals surface area contributed by atoms with Gasteiger partial charge in [-0.15, -0.1) is 0 Å². The molecule has 2 amide bonds. The van der Waals surface area contributed by atoms with Crippen molar-refractivity contribution in [3.05, 3.63) is 30.1 Å². The minimum Gasteiger partial charge on any atom is -0.442 e.